The van der Waals surface area contributed by atoms with E-state index in [2.05, 4.69) is 14.9 Å². The summed E-state index contributed by atoms with van der Waals surface area (Å²) in [7, 11) is 3.70. The van der Waals surface area contributed by atoms with Crippen molar-refractivity contribution in [3.05, 3.63) is 16.5 Å². The minimum Gasteiger partial charge on any atom is -0.383 e. The topological polar surface area (TPSA) is 38.2 Å². The summed E-state index contributed by atoms with van der Waals surface area (Å²) in [5.41, 5.74) is 0.940. The zero-order chi connectivity index (χ0) is 12.4. The number of anilines is 1. The van der Waals surface area contributed by atoms with Crippen LogP contribution in [0.2, 0.25) is 5.15 Å². The highest BCUT2D eigenvalue weighted by molar-refractivity contribution is 6.30. The average Bonchev–Trinajstić information content (AvgIpc) is 3.13. The van der Waals surface area contributed by atoms with Crippen LogP contribution in [0, 0.1) is 6.92 Å². The summed E-state index contributed by atoms with van der Waals surface area (Å²) >= 11 is 6.16. The van der Waals surface area contributed by atoms with E-state index in [1.165, 1.54) is 12.8 Å². The largest absolute Gasteiger partial charge is 0.383 e. The highest BCUT2D eigenvalue weighted by atomic mass is 35.5. The molecule has 0 atom stereocenters. The zero-order valence-corrected chi connectivity index (χ0v) is 11.3. The van der Waals surface area contributed by atoms with Gasteiger partial charge in [0, 0.05) is 32.2 Å². The van der Waals surface area contributed by atoms with Crippen molar-refractivity contribution >= 4 is 17.4 Å². The zero-order valence-electron chi connectivity index (χ0n) is 10.5. The van der Waals surface area contributed by atoms with E-state index in [4.69, 9.17) is 16.3 Å². The van der Waals surface area contributed by atoms with Gasteiger partial charge in [0.15, 0.2) is 0 Å². The molecule has 0 aromatic carbocycles. The Morgan fingerprint density at radius 3 is 2.71 bits per heavy atom. The highest BCUT2D eigenvalue weighted by Gasteiger charge is 2.28. The van der Waals surface area contributed by atoms with Crippen LogP contribution in [0.1, 0.15) is 30.1 Å². The number of hydrogen-bond acceptors (Lipinski definition) is 4. The van der Waals surface area contributed by atoms with Crippen molar-refractivity contribution < 1.29 is 4.74 Å². The van der Waals surface area contributed by atoms with Gasteiger partial charge < -0.3 is 9.64 Å². The van der Waals surface area contributed by atoms with Crippen molar-refractivity contribution in [3.63, 3.8) is 0 Å². The maximum Gasteiger partial charge on any atom is 0.137 e. The summed E-state index contributed by atoms with van der Waals surface area (Å²) in [5.74, 6) is 2.33. The number of halogens is 1. The molecule has 2 rings (SSSR count). The van der Waals surface area contributed by atoms with Crippen molar-refractivity contribution in [3.8, 4) is 0 Å². The number of likely N-dealkylation sites (N-methyl/N-ethyl adjacent to an activating group) is 1. The van der Waals surface area contributed by atoms with E-state index in [1.807, 2.05) is 14.0 Å². The molecule has 1 aromatic rings. The van der Waals surface area contributed by atoms with Gasteiger partial charge in [0.1, 0.15) is 16.8 Å². The molecule has 5 heteroatoms. The fraction of sp³-hybridized carbons (Fsp3) is 0.667. The summed E-state index contributed by atoms with van der Waals surface area (Å²) in [4.78, 5) is 11.0. The van der Waals surface area contributed by atoms with Crippen LogP contribution >= 0.6 is 11.6 Å². The van der Waals surface area contributed by atoms with Gasteiger partial charge in [0.2, 0.25) is 0 Å². The van der Waals surface area contributed by atoms with E-state index in [9.17, 15) is 0 Å². The predicted octanol–water partition coefficient (Wildman–Crippen LogP) is 2.40. The lowest BCUT2D eigenvalue weighted by Crippen LogP contribution is -2.24. The van der Waals surface area contributed by atoms with Gasteiger partial charge in [-0.05, 0) is 19.8 Å². The second-order valence-corrected chi connectivity index (χ2v) is 4.87. The van der Waals surface area contributed by atoms with Crippen LogP contribution in [0.4, 0.5) is 5.82 Å². The molecule has 17 heavy (non-hydrogen) atoms. The van der Waals surface area contributed by atoms with Gasteiger partial charge in [-0.25, -0.2) is 9.97 Å². The standard InChI is InChI=1S/C12H18ClN3O/c1-8-10(13)14-11(9-4-5-9)15-12(8)16(2)6-7-17-3/h9H,4-7H2,1-3H3. The Bertz CT molecular complexity index is 407. The van der Waals surface area contributed by atoms with Crippen LogP contribution < -0.4 is 4.90 Å². The molecule has 1 heterocycles. The minimum absolute atomic E-state index is 0.516. The molecule has 1 aromatic heterocycles. The molecule has 0 radical (unpaired) electrons. The monoisotopic (exact) mass is 255 g/mol. The van der Waals surface area contributed by atoms with Crippen molar-refractivity contribution in [2.24, 2.45) is 0 Å². The van der Waals surface area contributed by atoms with Gasteiger partial charge >= 0.3 is 0 Å². The number of nitrogens with zero attached hydrogens (tertiary/aromatic N) is 3. The Balaban J connectivity index is 2.24. The number of ether oxygens (including phenoxy) is 1. The first-order valence-corrected chi connectivity index (χ1v) is 6.25. The second-order valence-electron chi connectivity index (χ2n) is 4.51. The second kappa shape index (κ2) is 5.19. The quantitative estimate of drug-likeness (QED) is 0.758. The molecule has 0 spiro atoms. The van der Waals surface area contributed by atoms with Crippen LogP contribution in [0.25, 0.3) is 0 Å². The number of aromatic nitrogens is 2. The summed E-state index contributed by atoms with van der Waals surface area (Å²) in [6.45, 7) is 3.43. The maximum atomic E-state index is 6.16. The summed E-state index contributed by atoms with van der Waals surface area (Å²) in [6.07, 6.45) is 2.36. The molecular weight excluding hydrogens is 238 g/mol. The lowest BCUT2D eigenvalue weighted by molar-refractivity contribution is 0.206. The maximum absolute atomic E-state index is 6.16. The number of hydrogen-bond donors (Lipinski definition) is 0. The number of rotatable bonds is 5. The van der Waals surface area contributed by atoms with Crippen LogP contribution in [0.3, 0.4) is 0 Å². The molecule has 0 N–H and O–H groups in total. The normalized spacial score (nSPS) is 15.1. The van der Waals surface area contributed by atoms with Crippen LogP contribution in [0.5, 0.6) is 0 Å². The lowest BCUT2D eigenvalue weighted by atomic mass is 10.3. The Morgan fingerprint density at radius 1 is 1.41 bits per heavy atom. The average molecular weight is 256 g/mol. The molecule has 4 nitrogen and oxygen atoms in total. The fourth-order valence-corrected chi connectivity index (χ4v) is 1.90. The molecule has 94 valence electrons. The Labute approximate surface area is 107 Å². The molecule has 0 aliphatic heterocycles. The summed E-state index contributed by atoms with van der Waals surface area (Å²) < 4.78 is 5.08. The molecule has 0 amide bonds. The number of methoxy groups -OCH3 is 1. The Hall–Kier alpha value is -0.870. The van der Waals surface area contributed by atoms with E-state index >= 15 is 0 Å². The third kappa shape index (κ3) is 2.87. The highest BCUT2D eigenvalue weighted by Crippen LogP contribution is 2.39. The van der Waals surface area contributed by atoms with E-state index < -0.39 is 0 Å². The molecular formula is C12H18ClN3O. The van der Waals surface area contributed by atoms with Crippen molar-refractivity contribution in [1.82, 2.24) is 9.97 Å². The van der Waals surface area contributed by atoms with Gasteiger partial charge in [-0.15, -0.1) is 0 Å². The van der Waals surface area contributed by atoms with E-state index in [0.29, 0.717) is 17.7 Å². The smallest absolute Gasteiger partial charge is 0.137 e. The molecule has 0 saturated heterocycles. The molecule has 0 unspecified atom stereocenters. The Morgan fingerprint density at radius 2 is 2.12 bits per heavy atom. The SMILES string of the molecule is COCCN(C)c1nc(C2CC2)nc(Cl)c1C. The molecule has 1 saturated carbocycles. The third-order valence-electron chi connectivity index (χ3n) is 3.01. The third-order valence-corrected chi connectivity index (χ3v) is 3.38. The molecule has 1 aliphatic carbocycles. The fourth-order valence-electron chi connectivity index (χ4n) is 1.72. The van der Waals surface area contributed by atoms with Crippen molar-refractivity contribution in [1.29, 1.82) is 0 Å². The molecule has 1 fully saturated rings. The van der Waals surface area contributed by atoms with Gasteiger partial charge in [-0.1, -0.05) is 11.6 Å². The van der Waals surface area contributed by atoms with Gasteiger partial charge in [-0.3, -0.25) is 0 Å². The molecule has 0 bridgehead atoms. The van der Waals surface area contributed by atoms with E-state index in [-0.39, 0.29) is 0 Å². The van der Waals surface area contributed by atoms with Crippen molar-refractivity contribution in [2.45, 2.75) is 25.7 Å². The van der Waals surface area contributed by atoms with Crippen LogP contribution in [0.15, 0.2) is 0 Å². The predicted molar refractivity (Wildman–Crippen MR) is 68.9 cm³/mol. The lowest BCUT2D eigenvalue weighted by Gasteiger charge is -2.20. The van der Waals surface area contributed by atoms with Gasteiger partial charge in [0.05, 0.1) is 6.61 Å². The first-order valence-electron chi connectivity index (χ1n) is 5.87. The first-order chi connectivity index (χ1) is 8.13. The van der Waals surface area contributed by atoms with E-state index in [0.717, 1.165) is 23.8 Å². The van der Waals surface area contributed by atoms with Gasteiger partial charge in [0.25, 0.3) is 0 Å². The van der Waals surface area contributed by atoms with Crippen LogP contribution in [-0.2, 0) is 4.74 Å². The first kappa shape index (κ1) is 12.6. The van der Waals surface area contributed by atoms with E-state index in [1.54, 1.807) is 7.11 Å². The minimum atomic E-state index is 0.516. The van der Waals surface area contributed by atoms with Crippen molar-refractivity contribution in [2.75, 3.05) is 32.2 Å². The molecule has 1 aliphatic rings. The Kier molecular flexibility index (Phi) is 3.84. The van der Waals surface area contributed by atoms with Crippen LogP contribution in [-0.4, -0.2) is 37.3 Å². The summed E-state index contributed by atoms with van der Waals surface area (Å²) in [5, 5.41) is 0.571. The van der Waals surface area contributed by atoms with Gasteiger partial charge in [-0.2, -0.15) is 0 Å². The summed E-state index contributed by atoms with van der Waals surface area (Å²) in [6, 6.07) is 0.